The van der Waals surface area contributed by atoms with E-state index in [-0.39, 0.29) is 5.78 Å². The Kier molecular flexibility index (Phi) is 3.10. The largest absolute Gasteiger partial charge is 0.293 e. The quantitative estimate of drug-likeness (QED) is 0.731. The first kappa shape index (κ1) is 10.6. The molecule has 1 heterocycles. The second kappa shape index (κ2) is 4.71. The molecule has 80 valence electrons. The number of carbonyl (C=O) groups is 1. The molecule has 0 spiro atoms. The van der Waals surface area contributed by atoms with E-state index in [1.165, 1.54) is 12.5 Å². The van der Waals surface area contributed by atoms with Gasteiger partial charge in [-0.3, -0.25) is 9.78 Å². The predicted molar refractivity (Wildman–Crippen MR) is 63.5 cm³/mol. The van der Waals surface area contributed by atoms with Crippen LogP contribution in [0.3, 0.4) is 0 Å². The standard InChI is InChI=1S/C14H13NO/c1-11(16)14-10-13(7-8-15-14)9-12-5-3-2-4-6-12/h2-8,10H,9H2,1H3. The third kappa shape index (κ3) is 2.54. The van der Waals surface area contributed by atoms with Crippen LogP contribution in [0.25, 0.3) is 0 Å². The molecule has 0 atom stereocenters. The molecular formula is C14H13NO. The molecule has 0 aliphatic heterocycles. The Bertz CT molecular complexity index is 491. The number of benzene rings is 1. The van der Waals surface area contributed by atoms with Crippen molar-refractivity contribution in [2.45, 2.75) is 13.3 Å². The van der Waals surface area contributed by atoms with Crippen molar-refractivity contribution < 1.29 is 4.79 Å². The summed E-state index contributed by atoms with van der Waals surface area (Å²) in [4.78, 5) is 15.2. The van der Waals surface area contributed by atoms with Gasteiger partial charge in [0.05, 0.1) is 0 Å². The Hall–Kier alpha value is -1.96. The van der Waals surface area contributed by atoms with Crippen LogP contribution in [-0.4, -0.2) is 10.8 Å². The highest BCUT2D eigenvalue weighted by Crippen LogP contribution is 2.09. The highest BCUT2D eigenvalue weighted by molar-refractivity contribution is 5.92. The van der Waals surface area contributed by atoms with Crippen molar-refractivity contribution in [3.05, 3.63) is 65.5 Å². The number of hydrogen-bond acceptors (Lipinski definition) is 2. The first-order chi connectivity index (χ1) is 7.75. The van der Waals surface area contributed by atoms with E-state index in [0.29, 0.717) is 5.69 Å². The van der Waals surface area contributed by atoms with E-state index in [4.69, 9.17) is 0 Å². The molecule has 2 rings (SSSR count). The van der Waals surface area contributed by atoms with Gasteiger partial charge in [-0.05, 0) is 29.7 Å². The maximum Gasteiger partial charge on any atom is 0.178 e. The number of pyridine rings is 1. The highest BCUT2D eigenvalue weighted by Gasteiger charge is 2.02. The minimum Gasteiger partial charge on any atom is -0.293 e. The smallest absolute Gasteiger partial charge is 0.178 e. The molecule has 0 fully saturated rings. The Morgan fingerprint density at radius 3 is 2.56 bits per heavy atom. The molecule has 0 radical (unpaired) electrons. The fourth-order valence-corrected chi connectivity index (χ4v) is 1.61. The first-order valence-corrected chi connectivity index (χ1v) is 5.25. The molecule has 2 aromatic rings. The summed E-state index contributed by atoms with van der Waals surface area (Å²) >= 11 is 0. The molecule has 0 saturated carbocycles. The molecular weight excluding hydrogens is 198 g/mol. The zero-order chi connectivity index (χ0) is 11.4. The molecule has 0 N–H and O–H groups in total. The molecule has 0 saturated heterocycles. The third-order valence-corrected chi connectivity index (χ3v) is 2.44. The van der Waals surface area contributed by atoms with Gasteiger partial charge in [-0.1, -0.05) is 30.3 Å². The molecule has 0 aliphatic rings. The molecule has 0 unspecified atom stereocenters. The summed E-state index contributed by atoms with van der Waals surface area (Å²) in [7, 11) is 0. The van der Waals surface area contributed by atoms with Crippen LogP contribution in [0.2, 0.25) is 0 Å². The number of rotatable bonds is 3. The van der Waals surface area contributed by atoms with Crippen LogP contribution in [0.1, 0.15) is 28.5 Å². The monoisotopic (exact) mass is 211 g/mol. The van der Waals surface area contributed by atoms with Crippen molar-refractivity contribution in [3.63, 3.8) is 0 Å². The lowest BCUT2D eigenvalue weighted by molar-refractivity contribution is 0.101. The van der Waals surface area contributed by atoms with Crippen molar-refractivity contribution in [3.8, 4) is 0 Å². The number of hydrogen-bond donors (Lipinski definition) is 0. The van der Waals surface area contributed by atoms with Crippen LogP contribution in [0.15, 0.2) is 48.7 Å². The van der Waals surface area contributed by atoms with E-state index < -0.39 is 0 Å². The Morgan fingerprint density at radius 1 is 1.12 bits per heavy atom. The van der Waals surface area contributed by atoms with Crippen LogP contribution >= 0.6 is 0 Å². The van der Waals surface area contributed by atoms with Crippen LogP contribution in [0.4, 0.5) is 0 Å². The molecule has 1 aromatic carbocycles. The van der Waals surface area contributed by atoms with Gasteiger partial charge in [0, 0.05) is 13.1 Å². The number of nitrogens with zero attached hydrogens (tertiary/aromatic N) is 1. The van der Waals surface area contributed by atoms with E-state index in [9.17, 15) is 4.79 Å². The third-order valence-electron chi connectivity index (χ3n) is 2.44. The van der Waals surface area contributed by atoms with Crippen molar-refractivity contribution in [2.75, 3.05) is 0 Å². The Morgan fingerprint density at radius 2 is 1.88 bits per heavy atom. The number of ketones is 1. The summed E-state index contributed by atoms with van der Waals surface area (Å²) in [5.41, 5.74) is 2.89. The van der Waals surface area contributed by atoms with Crippen LogP contribution in [-0.2, 0) is 6.42 Å². The predicted octanol–water partition coefficient (Wildman–Crippen LogP) is 2.88. The van der Waals surface area contributed by atoms with Gasteiger partial charge in [-0.25, -0.2) is 0 Å². The van der Waals surface area contributed by atoms with Gasteiger partial charge in [0.2, 0.25) is 0 Å². The fourth-order valence-electron chi connectivity index (χ4n) is 1.61. The highest BCUT2D eigenvalue weighted by atomic mass is 16.1. The Balaban J connectivity index is 2.22. The summed E-state index contributed by atoms with van der Waals surface area (Å²) in [6, 6.07) is 14.0. The van der Waals surface area contributed by atoms with Crippen LogP contribution < -0.4 is 0 Å². The molecule has 2 nitrogen and oxygen atoms in total. The van der Waals surface area contributed by atoms with E-state index in [1.807, 2.05) is 30.3 Å². The maximum atomic E-state index is 11.2. The second-order valence-corrected chi connectivity index (χ2v) is 3.77. The first-order valence-electron chi connectivity index (χ1n) is 5.25. The summed E-state index contributed by atoms with van der Waals surface area (Å²) in [5, 5.41) is 0. The minimum atomic E-state index is 0.00918. The average Bonchev–Trinajstić information content (AvgIpc) is 2.30. The SMILES string of the molecule is CC(=O)c1cc(Cc2ccccc2)ccn1. The lowest BCUT2D eigenvalue weighted by Gasteiger charge is -2.02. The summed E-state index contributed by atoms with van der Waals surface area (Å²) in [5.74, 6) is 0.00918. The van der Waals surface area contributed by atoms with E-state index in [0.717, 1.165) is 12.0 Å². The minimum absolute atomic E-state index is 0.00918. The van der Waals surface area contributed by atoms with Gasteiger partial charge >= 0.3 is 0 Å². The fraction of sp³-hybridized carbons (Fsp3) is 0.143. The number of Topliss-reactive ketones (excluding diaryl/α,β-unsaturated/α-hetero) is 1. The molecule has 0 aliphatic carbocycles. The maximum absolute atomic E-state index is 11.2. The second-order valence-electron chi connectivity index (χ2n) is 3.77. The number of carbonyl (C=O) groups excluding carboxylic acids is 1. The van der Waals surface area contributed by atoms with Gasteiger partial charge in [0.1, 0.15) is 5.69 Å². The zero-order valence-corrected chi connectivity index (χ0v) is 9.18. The van der Waals surface area contributed by atoms with Gasteiger partial charge in [-0.2, -0.15) is 0 Å². The van der Waals surface area contributed by atoms with Crippen molar-refractivity contribution in [1.29, 1.82) is 0 Å². The molecule has 1 aromatic heterocycles. The van der Waals surface area contributed by atoms with E-state index >= 15 is 0 Å². The Labute approximate surface area is 95.0 Å². The van der Waals surface area contributed by atoms with Crippen molar-refractivity contribution in [2.24, 2.45) is 0 Å². The zero-order valence-electron chi connectivity index (χ0n) is 9.18. The molecule has 0 bridgehead atoms. The summed E-state index contributed by atoms with van der Waals surface area (Å²) in [6.07, 6.45) is 2.53. The van der Waals surface area contributed by atoms with Crippen LogP contribution in [0, 0.1) is 0 Å². The molecule has 2 heteroatoms. The van der Waals surface area contributed by atoms with E-state index in [2.05, 4.69) is 17.1 Å². The summed E-state index contributed by atoms with van der Waals surface area (Å²) < 4.78 is 0. The van der Waals surface area contributed by atoms with Gasteiger partial charge in [0.25, 0.3) is 0 Å². The summed E-state index contributed by atoms with van der Waals surface area (Å²) in [6.45, 7) is 1.54. The van der Waals surface area contributed by atoms with E-state index in [1.54, 1.807) is 6.20 Å². The lowest BCUT2D eigenvalue weighted by Crippen LogP contribution is -1.98. The molecule has 0 amide bonds. The topological polar surface area (TPSA) is 30.0 Å². The lowest BCUT2D eigenvalue weighted by atomic mass is 10.0. The number of aromatic nitrogens is 1. The van der Waals surface area contributed by atoms with Crippen molar-refractivity contribution in [1.82, 2.24) is 4.98 Å². The normalized spacial score (nSPS) is 10.1. The molecule has 16 heavy (non-hydrogen) atoms. The van der Waals surface area contributed by atoms with Gasteiger partial charge < -0.3 is 0 Å². The average molecular weight is 211 g/mol. The van der Waals surface area contributed by atoms with Gasteiger partial charge in [-0.15, -0.1) is 0 Å². The van der Waals surface area contributed by atoms with Crippen molar-refractivity contribution >= 4 is 5.78 Å². The van der Waals surface area contributed by atoms with Crippen LogP contribution in [0.5, 0.6) is 0 Å². The van der Waals surface area contributed by atoms with Gasteiger partial charge in [0.15, 0.2) is 5.78 Å².